The van der Waals surface area contributed by atoms with Crippen LogP contribution >= 0.6 is 8.15 Å². The minimum atomic E-state index is -0.952. The van der Waals surface area contributed by atoms with E-state index < -0.39 is 13.9 Å². The Morgan fingerprint density at radius 3 is 2.29 bits per heavy atom. The molecule has 24 heavy (non-hydrogen) atoms. The number of hydrogen-bond acceptors (Lipinski definition) is 5. The highest BCUT2D eigenvalue weighted by Crippen LogP contribution is 2.36. The Balaban J connectivity index is 0.000000952. The van der Waals surface area contributed by atoms with Crippen molar-refractivity contribution in [1.82, 2.24) is 0 Å². The Morgan fingerprint density at radius 1 is 1.17 bits per heavy atom. The van der Waals surface area contributed by atoms with Gasteiger partial charge in [-0.2, -0.15) is 0 Å². The van der Waals surface area contributed by atoms with Gasteiger partial charge in [0.2, 0.25) is 5.79 Å². The van der Waals surface area contributed by atoms with Crippen molar-refractivity contribution in [3.63, 3.8) is 0 Å². The molecule has 0 N–H and O–H groups in total. The van der Waals surface area contributed by atoms with Crippen LogP contribution in [0.25, 0.3) is 0 Å². The third kappa shape index (κ3) is 7.50. The number of rotatable bonds is 4. The van der Waals surface area contributed by atoms with Gasteiger partial charge in [-0.15, -0.1) is 0 Å². The van der Waals surface area contributed by atoms with Gasteiger partial charge in [-0.3, -0.25) is 0 Å². The molecule has 0 bridgehead atoms. The predicted molar refractivity (Wildman–Crippen MR) is 99.2 cm³/mol. The lowest BCUT2D eigenvalue weighted by Gasteiger charge is -2.31. The largest absolute Gasteiger partial charge is 0.487 e. The molecule has 1 heterocycles. The Kier molecular flexibility index (Phi) is 10.7. The number of carbonyl (C=O) groups is 1. The lowest BCUT2D eigenvalue weighted by molar-refractivity contribution is -0.127. The number of hydrogen-bond donors (Lipinski definition) is 0. The molecule has 0 radical (unpaired) electrons. The first-order chi connectivity index (χ1) is 11.3. The number of esters is 1. The Bertz CT molecular complexity index is 502. The topological polar surface area (TPSA) is 54.0 Å². The zero-order valence-corrected chi connectivity index (χ0v) is 17.0. The van der Waals surface area contributed by atoms with E-state index in [1.54, 1.807) is 39.2 Å². The molecule has 0 saturated carbocycles. The summed E-state index contributed by atoms with van der Waals surface area (Å²) in [6, 6.07) is 5.07. The molecule has 0 aromatic heterocycles. The summed E-state index contributed by atoms with van der Waals surface area (Å²) in [7, 11) is 1.06. The molecule has 1 aromatic carbocycles. The van der Waals surface area contributed by atoms with Crippen molar-refractivity contribution in [2.24, 2.45) is 0 Å². The first-order valence-corrected chi connectivity index (χ1v) is 10.2. The van der Waals surface area contributed by atoms with Gasteiger partial charge in [0.1, 0.15) is 23.4 Å². The van der Waals surface area contributed by atoms with Crippen molar-refractivity contribution < 1.29 is 23.5 Å². The summed E-state index contributed by atoms with van der Waals surface area (Å²) in [6.07, 6.45) is 1.75. The van der Waals surface area contributed by atoms with Gasteiger partial charge in [0, 0.05) is 27.0 Å². The van der Waals surface area contributed by atoms with E-state index in [1.807, 2.05) is 20.5 Å². The van der Waals surface area contributed by atoms with E-state index in [0.29, 0.717) is 23.4 Å². The van der Waals surface area contributed by atoms with Gasteiger partial charge in [0.25, 0.3) is 0 Å². The molecule has 138 valence electrons. The van der Waals surface area contributed by atoms with Crippen molar-refractivity contribution in [3.05, 3.63) is 23.8 Å². The van der Waals surface area contributed by atoms with Crippen LogP contribution in [0, 0.1) is 0 Å². The number of ether oxygens (including phenoxy) is 3. The van der Waals surface area contributed by atoms with Gasteiger partial charge in [0.15, 0.2) is 0 Å². The summed E-state index contributed by atoms with van der Waals surface area (Å²) in [4.78, 5) is 11.8. The molecule has 1 atom stereocenters. The highest BCUT2D eigenvalue weighted by atomic mass is 31.1. The fourth-order valence-electron chi connectivity index (χ4n) is 1.63. The van der Waals surface area contributed by atoms with Gasteiger partial charge in [-0.1, -0.05) is 34.1 Å². The third-order valence-corrected chi connectivity index (χ3v) is 3.71. The zero-order chi connectivity index (χ0) is 18.8. The first-order valence-electron chi connectivity index (χ1n) is 8.27. The summed E-state index contributed by atoms with van der Waals surface area (Å²) in [5.74, 6) is -0.202. The minimum Gasteiger partial charge on any atom is -0.487 e. The molecule has 0 aliphatic carbocycles. The highest BCUT2D eigenvalue weighted by molar-refractivity contribution is 7.51. The molecule has 2 rings (SSSR count). The number of fused-ring (bicyclic) bond motifs is 1. The summed E-state index contributed by atoms with van der Waals surface area (Å²) >= 11 is 0. The van der Waals surface area contributed by atoms with Crippen LogP contribution in [0.5, 0.6) is 11.5 Å². The van der Waals surface area contributed by atoms with E-state index in [9.17, 15) is 4.79 Å². The molecule has 5 nitrogen and oxygen atoms in total. The van der Waals surface area contributed by atoms with E-state index >= 15 is 0 Å². The van der Waals surface area contributed by atoms with Crippen LogP contribution in [0.15, 0.2) is 18.2 Å². The normalized spacial score (nSPS) is 15.2. The average Bonchev–Trinajstić information content (AvgIpc) is 2.53. The highest BCUT2D eigenvalue weighted by Gasteiger charge is 2.33. The molecule has 0 saturated heterocycles. The second-order valence-electron chi connectivity index (χ2n) is 5.34. The summed E-state index contributed by atoms with van der Waals surface area (Å²) < 4.78 is 21.5. The Labute approximate surface area is 147 Å². The van der Waals surface area contributed by atoms with E-state index in [4.69, 9.17) is 18.7 Å². The Morgan fingerprint density at radius 2 is 1.75 bits per heavy atom. The fraction of sp³-hybridized carbons (Fsp3) is 0.611. The maximum absolute atomic E-state index is 11.8. The van der Waals surface area contributed by atoms with Crippen molar-refractivity contribution in [1.29, 1.82) is 0 Å². The predicted octanol–water partition coefficient (Wildman–Crippen LogP) is 5.42. The fourth-order valence-corrected chi connectivity index (χ4v) is 2.06. The van der Waals surface area contributed by atoms with Crippen LogP contribution in [0.2, 0.25) is 0 Å². The van der Waals surface area contributed by atoms with Crippen molar-refractivity contribution >= 4 is 14.1 Å². The molecule has 0 amide bonds. The zero-order valence-electron chi connectivity index (χ0n) is 16.1. The smallest absolute Gasteiger partial charge is 0.345 e. The van der Waals surface area contributed by atoms with Gasteiger partial charge in [0.05, 0.1) is 8.15 Å². The van der Waals surface area contributed by atoms with Gasteiger partial charge in [-0.25, -0.2) is 4.79 Å². The van der Waals surface area contributed by atoms with Crippen molar-refractivity contribution in [3.8, 4) is 11.5 Å². The third-order valence-electron chi connectivity index (χ3n) is 2.59. The molecular formula is C18H31O5P. The monoisotopic (exact) mass is 358 g/mol. The van der Waals surface area contributed by atoms with E-state index in [0.717, 1.165) is 0 Å². The number of carbonyl (C=O) groups excluding carboxylic acids is 1. The van der Waals surface area contributed by atoms with Gasteiger partial charge >= 0.3 is 5.97 Å². The van der Waals surface area contributed by atoms with E-state index in [1.165, 1.54) is 6.42 Å². The first kappa shape index (κ1) is 22.7. The molecule has 0 fully saturated rings. The minimum absolute atomic E-state index is 0.382. The van der Waals surface area contributed by atoms with Crippen LogP contribution in [-0.2, 0) is 9.26 Å². The molecule has 1 aromatic rings. The molecule has 1 aliphatic rings. The number of cyclic esters (lactones) is 1. The van der Waals surface area contributed by atoms with Gasteiger partial charge < -0.3 is 18.7 Å². The summed E-state index contributed by atoms with van der Waals surface area (Å²) in [6.45, 7) is 13.6. The SMILES string of the molecule is CC.CCC.COP(C)COc1ccc2c(c1)OC(C)(C)OC2=O. The number of benzene rings is 1. The van der Waals surface area contributed by atoms with Crippen LogP contribution in [-0.4, -0.2) is 31.9 Å². The van der Waals surface area contributed by atoms with Crippen molar-refractivity contribution in [2.75, 3.05) is 20.1 Å². The maximum Gasteiger partial charge on any atom is 0.345 e. The van der Waals surface area contributed by atoms with Crippen molar-refractivity contribution in [2.45, 2.75) is 53.8 Å². The van der Waals surface area contributed by atoms with Crippen LogP contribution in [0.3, 0.4) is 0 Å². The summed E-state index contributed by atoms with van der Waals surface area (Å²) in [5, 5.41) is 0. The average molecular weight is 358 g/mol. The quantitative estimate of drug-likeness (QED) is 0.531. The van der Waals surface area contributed by atoms with E-state index in [-0.39, 0.29) is 5.97 Å². The second-order valence-corrected chi connectivity index (χ2v) is 7.22. The second kappa shape index (κ2) is 11.3. The molecular weight excluding hydrogens is 327 g/mol. The molecule has 0 spiro atoms. The molecule has 1 unspecified atom stereocenters. The standard InChI is InChI=1S/C13H17O5P.C3H8.C2H6/c1-13(2)17-11-7-9(16-8-19(4)15-3)5-6-10(11)12(14)18-13;1-3-2;1-2/h5-7H,8H2,1-4H3;3H2,1-2H3;1-2H3. The lowest BCUT2D eigenvalue weighted by Crippen LogP contribution is -2.38. The van der Waals surface area contributed by atoms with Crippen LogP contribution in [0.1, 0.15) is 58.3 Å². The molecule has 1 aliphatic heterocycles. The maximum atomic E-state index is 11.8. The lowest BCUT2D eigenvalue weighted by atomic mass is 10.1. The van der Waals surface area contributed by atoms with Crippen LogP contribution in [0.4, 0.5) is 0 Å². The summed E-state index contributed by atoms with van der Waals surface area (Å²) in [5.41, 5.74) is 0.414. The Hall–Kier alpha value is -1.32. The van der Waals surface area contributed by atoms with E-state index in [2.05, 4.69) is 13.8 Å². The van der Waals surface area contributed by atoms with Gasteiger partial charge in [-0.05, 0) is 18.8 Å². The molecule has 6 heteroatoms. The van der Waals surface area contributed by atoms with Crippen LogP contribution < -0.4 is 9.47 Å².